The predicted molar refractivity (Wildman–Crippen MR) is 234 cm³/mol. The molecule has 1 fully saturated rings. The summed E-state index contributed by atoms with van der Waals surface area (Å²) in [7, 11) is 0. The van der Waals surface area contributed by atoms with Crippen LogP contribution in [0.4, 0.5) is 0 Å². The molecule has 2 aromatic rings. The van der Waals surface area contributed by atoms with Gasteiger partial charge in [-0.25, -0.2) is 0 Å². The molecule has 0 spiro atoms. The molecule has 1 aliphatic heterocycles. The molecule has 0 saturated carbocycles. The molecule has 0 aliphatic carbocycles. The normalized spacial score (nSPS) is 16.9. The van der Waals surface area contributed by atoms with Crippen molar-refractivity contribution in [1.29, 1.82) is 0 Å². The molecule has 2 aromatic carbocycles. The average molecular weight is 850 g/mol. The molecule has 0 unspecified atom stereocenters. The highest BCUT2D eigenvalue weighted by molar-refractivity contribution is 5.98. The number of carbonyl (C=O) groups is 6. The number of hydrogen-bond donors (Lipinski definition) is 4. The van der Waals surface area contributed by atoms with Gasteiger partial charge in [-0.2, -0.15) is 0 Å². The van der Waals surface area contributed by atoms with E-state index in [2.05, 4.69) is 21.3 Å². The first kappa shape index (κ1) is 50.7. The van der Waals surface area contributed by atoms with Gasteiger partial charge in [-0.15, -0.1) is 0 Å². The highest BCUT2D eigenvalue weighted by atomic mass is 16.6. The fourth-order valence-electron chi connectivity index (χ4n) is 6.56. The Morgan fingerprint density at radius 1 is 0.738 bits per heavy atom. The van der Waals surface area contributed by atoms with Crippen molar-refractivity contribution >= 4 is 35.4 Å². The smallest absolute Gasteiger partial charge is 0.312 e. The lowest BCUT2D eigenvalue weighted by Gasteiger charge is -2.28. The van der Waals surface area contributed by atoms with Crippen LogP contribution in [0.2, 0.25) is 0 Å². The summed E-state index contributed by atoms with van der Waals surface area (Å²) in [5, 5.41) is 11.6. The third-order valence-electron chi connectivity index (χ3n) is 10.2. The Labute approximate surface area is 363 Å². The van der Waals surface area contributed by atoms with Crippen molar-refractivity contribution in [3.8, 4) is 0 Å². The Hall–Kier alpha value is -4.66. The highest BCUT2D eigenvalue weighted by Gasteiger charge is 2.50. The van der Waals surface area contributed by atoms with Gasteiger partial charge in [0.25, 0.3) is 0 Å². The van der Waals surface area contributed by atoms with E-state index >= 15 is 0 Å². The van der Waals surface area contributed by atoms with Gasteiger partial charge in [0.15, 0.2) is 5.78 Å². The number of carbonyl (C=O) groups excluding carboxylic acids is 6. The van der Waals surface area contributed by atoms with E-state index in [-0.39, 0.29) is 56.8 Å². The number of aryl methyl sites for hydroxylation is 1. The van der Waals surface area contributed by atoms with E-state index < -0.39 is 64.8 Å². The Kier molecular flexibility index (Phi) is 20.5. The van der Waals surface area contributed by atoms with Crippen molar-refractivity contribution < 1.29 is 43.0 Å². The molecule has 1 heterocycles. The number of amides is 4. The Morgan fingerprint density at radius 2 is 1.26 bits per heavy atom. The number of Topliss-reactive ketones (excluding diaryl/α,β-unsaturated/α-hetero) is 1. The molecule has 0 aromatic heterocycles. The minimum absolute atomic E-state index is 0.0403. The molecule has 14 heteroatoms. The maximum Gasteiger partial charge on any atom is 0.312 e. The predicted octanol–water partition coefficient (Wildman–Crippen LogP) is 4.53. The summed E-state index contributed by atoms with van der Waals surface area (Å²) < 4.78 is 16.6. The molecule has 14 nitrogen and oxygen atoms in total. The van der Waals surface area contributed by atoms with Gasteiger partial charge in [0.1, 0.15) is 30.5 Å². The van der Waals surface area contributed by atoms with E-state index in [0.29, 0.717) is 32.6 Å². The summed E-state index contributed by atoms with van der Waals surface area (Å²) in [6.45, 7) is 17.8. The molecular weight excluding hydrogens is 779 g/mol. The highest BCUT2D eigenvalue weighted by Crippen LogP contribution is 2.30. The molecule has 4 amide bonds. The summed E-state index contributed by atoms with van der Waals surface area (Å²) in [4.78, 5) is 83.9. The second kappa shape index (κ2) is 24.7. The minimum Gasteiger partial charge on any atom is -0.449 e. The molecule has 1 aliphatic rings. The summed E-state index contributed by atoms with van der Waals surface area (Å²) in [6.07, 6.45) is 2.28. The number of hydrogen-bond acceptors (Lipinski definition) is 10. The van der Waals surface area contributed by atoms with Gasteiger partial charge in [0, 0.05) is 19.6 Å². The van der Waals surface area contributed by atoms with Gasteiger partial charge >= 0.3 is 5.97 Å². The molecule has 0 bridgehead atoms. The molecule has 0 radical (unpaired) electrons. The molecule has 4 N–H and O–H groups in total. The Morgan fingerprint density at radius 3 is 1.82 bits per heavy atom. The van der Waals surface area contributed by atoms with E-state index in [1.54, 1.807) is 32.6 Å². The molecule has 3 rings (SSSR count). The molecule has 1 saturated heterocycles. The van der Waals surface area contributed by atoms with Crippen LogP contribution >= 0.6 is 0 Å². The lowest BCUT2D eigenvalue weighted by molar-refractivity contribution is -0.159. The fraction of sp³-hybridized carbons (Fsp3) is 0.617. The standard InChI is InChI=1S/C47H71N5O9/c1-10-24-59-25-23-52(31-60-45(58)46(6,7)8)29-40(53)48-36(22-21-34-17-13-11-14-18-34)42(55)50-38(27-33(4)5)43(56)51-39(28-35-19-15-12-16-20-35)44(57)49-37(26-32(2)3)41(54)47(9)30-61-47/h11-20,32-33,36-39H,10,21-31H2,1-9H3,(H,48,53)(H,49,57)(H,50,55)(H,51,56)/t36-,37-,38-,39-,47+/m0/s1. The third kappa shape index (κ3) is 18.5. The number of benzene rings is 2. The zero-order valence-electron chi connectivity index (χ0n) is 37.8. The number of nitrogens with one attached hydrogen (secondary N) is 4. The van der Waals surface area contributed by atoms with Crippen molar-refractivity contribution in [2.24, 2.45) is 17.3 Å². The zero-order valence-corrected chi connectivity index (χ0v) is 37.8. The van der Waals surface area contributed by atoms with Crippen LogP contribution in [-0.2, 0) is 55.8 Å². The van der Waals surface area contributed by atoms with Gasteiger partial charge in [0.05, 0.1) is 31.2 Å². The topological polar surface area (TPSA) is 185 Å². The van der Waals surface area contributed by atoms with E-state index in [0.717, 1.165) is 17.5 Å². The van der Waals surface area contributed by atoms with Gasteiger partial charge in [0.2, 0.25) is 23.6 Å². The zero-order chi connectivity index (χ0) is 45.2. The van der Waals surface area contributed by atoms with E-state index in [4.69, 9.17) is 14.2 Å². The molecular formula is C47H71N5O9. The quantitative estimate of drug-likeness (QED) is 0.0431. The largest absolute Gasteiger partial charge is 0.449 e. The fourth-order valence-corrected chi connectivity index (χ4v) is 6.56. The average Bonchev–Trinajstić information content (AvgIpc) is 3.96. The third-order valence-corrected chi connectivity index (χ3v) is 10.2. The first-order valence-electron chi connectivity index (χ1n) is 21.7. The number of nitrogens with zero attached hydrogens (tertiary/aromatic N) is 1. The Bertz CT molecular complexity index is 1710. The molecule has 61 heavy (non-hydrogen) atoms. The van der Waals surface area contributed by atoms with E-state index in [1.807, 2.05) is 95.3 Å². The van der Waals surface area contributed by atoms with Crippen molar-refractivity contribution in [2.45, 2.75) is 131 Å². The maximum absolute atomic E-state index is 14.3. The SMILES string of the molecule is CCCOCCN(COC(=O)C(C)(C)C)CC(=O)N[C@@H](CCc1ccccc1)C(=O)N[C@@H](CC(C)C)C(=O)N[C@@H](Cc1ccccc1)C(=O)N[C@@H](CC(C)C)C(=O)[C@@]1(C)CO1. The van der Waals surface area contributed by atoms with Crippen LogP contribution in [0, 0.1) is 17.3 Å². The lowest BCUT2D eigenvalue weighted by atomic mass is 9.93. The van der Waals surface area contributed by atoms with E-state index in [1.165, 1.54) is 0 Å². The summed E-state index contributed by atoms with van der Waals surface area (Å²) in [6, 6.07) is 14.8. The minimum atomic E-state index is -1.08. The number of epoxide rings is 1. The number of esters is 1. The van der Waals surface area contributed by atoms with Crippen LogP contribution in [-0.4, -0.2) is 110 Å². The van der Waals surface area contributed by atoms with Gasteiger partial charge < -0.3 is 35.5 Å². The lowest BCUT2D eigenvalue weighted by Crippen LogP contribution is -2.59. The second-order valence-corrected chi connectivity index (χ2v) is 18.1. The monoisotopic (exact) mass is 850 g/mol. The van der Waals surface area contributed by atoms with Crippen molar-refractivity contribution in [2.75, 3.05) is 39.6 Å². The van der Waals surface area contributed by atoms with Crippen LogP contribution < -0.4 is 21.3 Å². The van der Waals surface area contributed by atoms with Gasteiger partial charge in [-0.05, 0) is 82.8 Å². The summed E-state index contributed by atoms with van der Waals surface area (Å²) in [5.74, 6) is -2.73. The van der Waals surface area contributed by atoms with Crippen LogP contribution in [0.25, 0.3) is 0 Å². The molecule has 5 atom stereocenters. The number of rotatable bonds is 27. The van der Waals surface area contributed by atoms with E-state index in [9.17, 15) is 28.8 Å². The maximum atomic E-state index is 14.3. The first-order valence-corrected chi connectivity index (χ1v) is 21.7. The summed E-state index contributed by atoms with van der Waals surface area (Å²) in [5.41, 5.74) is 0.0572. The number of ether oxygens (including phenoxy) is 3. The van der Waals surface area contributed by atoms with Crippen LogP contribution in [0.1, 0.15) is 99.1 Å². The molecule has 338 valence electrons. The van der Waals surface area contributed by atoms with Gasteiger partial charge in [-0.3, -0.25) is 33.7 Å². The van der Waals surface area contributed by atoms with Crippen molar-refractivity contribution in [3.63, 3.8) is 0 Å². The van der Waals surface area contributed by atoms with Gasteiger partial charge in [-0.1, -0.05) is 95.3 Å². The van der Waals surface area contributed by atoms with Crippen molar-refractivity contribution in [1.82, 2.24) is 26.2 Å². The Balaban J connectivity index is 1.85. The van der Waals surface area contributed by atoms with Crippen LogP contribution in [0.3, 0.4) is 0 Å². The first-order chi connectivity index (χ1) is 28.8. The number of ketones is 1. The summed E-state index contributed by atoms with van der Waals surface area (Å²) >= 11 is 0. The van der Waals surface area contributed by atoms with Crippen LogP contribution in [0.5, 0.6) is 0 Å². The van der Waals surface area contributed by atoms with Crippen LogP contribution in [0.15, 0.2) is 60.7 Å². The van der Waals surface area contributed by atoms with Crippen molar-refractivity contribution in [3.05, 3.63) is 71.8 Å². The second-order valence-electron chi connectivity index (χ2n) is 18.1.